The number of carbonyl (C=O) groups excluding carboxylic acids is 1. The van der Waals surface area contributed by atoms with E-state index < -0.39 is 0 Å². The first-order valence-electron chi connectivity index (χ1n) is 5.74. The molecule has 5 nitrogen and oxygen atoms in total. The van der Waals surface area contributed by atoms with Crippen LogP contribution in [0.5, 0.6) is 0 Å². The average molecular weight is 245 g/mol. The van der Waals surface area contributed by atoms with E-state index in [9.17, 15) is 4.79 Å². The van der Waals surface area contributed by atoms with Crippen LogP contribution in [0.15, 0.2) is 41.1 Å². The molecule has 0 atom stereocenters. The fourth-order valence-corrected chi connectivity index (χ4v) is 1.66. The van der Waals surface area contributed by atoms with Crippen LogP contribution in [0.4, 0.5) is 16.3 Å². The fourth-order valence-electron chi connectivity index (χ4n) is 1.66. The van der Waals surface area contributed by atoms with Gasteiger partial charge >= 0.3 is 6.03 Å². The Balaban J connectivity index is 2.07. The molecule has 0 aliphatic rings. The van der Waals surface area contributed by atoms with E-state index in [1.807, 2.05) is 24.3 Å². The van der Waals surface area contributed by atoms with Crippen LogP contribution in [0.3, 0.4) is 0 Å². The molecule has 0 unspecified atom stereocenters. The van der Waals surface area contributed by atoms with E-state index in [0.717, 1.165) is 11.3 Å². The summed E-state index contributed by atoms with van der Waals surface area (Å²) in [5, 5.41) is 8.99. The fraction of sp³-hybridized carbons (Fsp3) is 0.231. The lowest BCUT2D eigenvalue weighted by Gasteiger charge is -2.13. The molecule has 1 aromatic heterocycles. The lowest BCUT2D eigenvalue weighted by molar-refractivity contribution is 0.262. The first-order chi connectivity index (χ1) is 8.66. The third kappa shape index (κ3) is 2.88. The number of nitrogens with one attached hydrogen (secondary N) is 2. The Morgan fingerprint density at radius 3 is 2.67 bits per heavy atom. The normalized spacial score (nSPS) is 10.4. The molecule has 5 heteroatoms. The van der Waals surface area contributed by atoms with Gasteiger partial charge in [-0.2, -0.15) is 0 Å². The van der Waals surface area contributed by atoms with E-state index in [4.69, 9.17) is 0 Å². The molecule has 2 N–H and O–H groups in total. The van der Waals surface area contributed by atoms with Crippen molar-refractivity contribution in [3.8, 4) is 0 Å². The highest BCUT2D eigenvalue weighted by atomic mass is 16.5. The minimum atomic E-state index is -0.336. The first-order valence-corrected chi connectivity index (χ1v) is 5.74. The Kier molecular flexibility index (Phi) is 3.62. The van der Waals surface area contributed by atoms with Crippen molar-refractivity contribution in [3.05, 3.63) is 42.2 Å². The highest BCUT2D eigenvalue weighted by Crippen LogP contribution is 2.23. The lowest BCUT2D eigenvalue weighted by Crippen LogP contribution is -2.20. The number of amides is 2. The number of rotatable bonds is 3. The number of benzene rings is 1. The molecule has 18 heavy (non-hydrogen) atoms. The van der Waals surface area contributed by atoms with E-state index in [1.54, 1.807) is 6.07 Å². The molecule has 0 bridgehead atoms. The molecule has 0 radical (unpaired) electrons. The van der Waals surface area contributed by atoms with E-state index >= 15 is 0 Å². The van der Waals surface area contributed by atoms with Crippen LogP contribution in [0.25, 0.3) is 0 Å². The topological polar surface area (TPSA) is 67.2 Å². The van der Waals surface area contributed by atoms with Gasteiger partial charge in [0, 0.05) is 11.8 Å². The average Bonchev–Trinajstić information content (AvgIpc) is 2.82. The number of carbonyl (C=O) groups is 1. The Morgan fingerprint density at radius 1 is 1.22 bits per heavy atom. The van der Waals surface area contributed by atoms with Crippen LogP contribution in [0, 0.1) is 0 Å². The van der Waals surface area contributed by atoms with Crippen LogP contribution >= 0.6 is 0 Å². The van der Waals surface area contributed by atoms with Crippen molar-refractivity contribution in [2.24, 2.45) is 0 Å². The molecule has 1 heterocycles. The summed E-state index contributed by atoms with van der Waals surface area (Å²) >= 11 is 0. The maximum absolute atomic E-state index is 11.8. The van der Waals surface area contributed by atoms with Crippen LogP contribution in [-0.2, 0) is 0 Å². The van der Waals surface area contributed by atoms with E-state index in [2.05, 4.69) is 34.2 Å². The van der Waals surface area contributed by atoms with Crippen molar-refractivity contribution in [1.82, 2.24) is 5.16 Å². The molecule has 0 saturated carbocycles. The Labute approximate surface area is 105 Å². The smallest absolute Gasteiger partial charge is 0.324 e. The molecule has 0 spiro atoms. The third-order valence-corrected chi connectivity index (χ3v) is 2.51. The summed E-state index contributed by atoms with van der Waals surface area (Å²) in [5.74, 6) is 0.725. The maximum Gasteiger partial charge on any atom is 0.324 e. The number of para-hydroxylation sites is 1. The van der Waals surface area contributed by atoms with Crippen molar-refractivity contribution < 1.29 is 9.32 Å². The monoisotopic (exact) mass is 245 g/mol. The summed E-state index contributed by atoms with van der Waals surface area (Å²) in [5.41, 5.74) is 1.89. The number of urea groups is 1. The summed E-state index contributed by atoms with van der Waals surface area (Å²) in [6.07, 6.45) is 1.40. The van der Waals surface area contributed by atoms with Gasteiger partial charge in [-0.1, -0.05) is 37.2 Å². The van der Waals surface area contributed by atoms with Gasteiger partial charge in [0.25, 0.3) is 0 Å². The molecule has 94 valence electrons. The largest absolute Gasteiger partial charge is 0.363 e. The van der Waals surface area contributed by atoms with Crippen molar-refractivity contribution >= 4 is 17.5 Å². The number of hydrogen-bond acceptors (Lipinski definition) is 3. The third-order valence-electron chi connectivity index (χ3n) is 2.51. The summed E-state index contributed by atoms with van der Waals surface area (Å²) in [4.78, 5) is 11.8. The van der Waals surface area contributed by atoms with Gasteiger partial charge in [0.2, 0.25) is 0 Å². The Hall–Kier alpha value is -2.30. The lowest BCUT2D eigenvalue weighted by atomic mass is 10.0. The van der Waals surface area contributed by atoms with E-state index in [0.29, 0.717) is 11.7 Å². The summed E-state index contributed by atoms with van der Waals surface area (Å²) in [6.45, 7) is 4.16. The Morgan fingerprint density at radius 2 is 2.00 bits per heavy atom. The SMILES string of the molecule is CC(C)c1ccccc1NC(=O)Nc1ccon1. The zero-order valence-electron chi connectivity index (χ0n) is 10.3. The van der Waals surface area contributed by atoms with Crippen LogP contribution in [0.2, 0.25) is 0 Å². The highest BCUT2D eigenvalue weighted by Gasteiger charge is 2.09. The van der Waals surface area contributed by atoms with Gasteiger partial charge in [0.15, 0.2) is 5.82 Å². The number of nitrogens with zero attached hydrogens (tertiary/aromatic N) is 1. The second-order valence-corrected chi connectivity index (χ2v) is 4.21. The molecule has 0 aliphatic heterocycles. The molecule has 0 fully saturated rings. The predicted octanol–water partition coefficient (Wildman–Crippen LogP) is 3.44. The maximum atomic E-state index is 11.8. The number of aromatic nitrogens is 1. The van der Waals surface area contributed by atoms with Crippen molar-refractivity contribution in [1.29, 1.82) is 0 Å². The summed E-state index contributed by atoms with van der Waals surface area (Å²) < 4.78 is 4.64. The highest BCUT2D eigenvalue weighted by molar-refractivity contribution is 5.99. The summed E-state index contributed by atoms with van der Waals surface area (Å²) in [7, 11) is 0. The standard InChI is InChI=1S/C13H15N3O2/c1-9(2)10-5-3-4-6-11(10)14-13(17)15-12-7-8-18-16-12/h3-9H,1-2H3,(H2,14,15,16,17). The minimum Gasteiger partial charge on any atom is -0.363 e. The van der Waals surface area contributed by atoms with Crippen LogP contribution in [-0.4, -0.2) is 11.2 Å². The van der Waals surface area contributed by atoms with Crippen molar-refractivity contribution in [3.63, 3.8) is 0 Å². The Bertz CT molecular complexity index is 521. The molecule has 1 aromatic carbocycles. The molecular weight excluding hydrogens is 230 g/mol. The van der Waals surface area contributed by atoms with Gasteiger partial charge in [0.05, 0.1) is 0 Å². The van der Waals surface area contributed by atoms with Crippen LogP contribution < -0.4 is 10.6 Å². The second kappa shape index (κ2) is 5.35. The van der Waals surface area contributed by atoms with Gasteiger partial charge in [-0.05, 0) is 17.5 Å². The molecule has 2 amide bonds. The first kappa shape index (κ1) is 12.2. The number of anilines is 2. The molecular formula is C13H15N3O2. The van der Waals surface area contributed by atoms with Crippen molar-refractivity contribution in [2.45, 2.75) is 19.8 Å². The van der Waals surface area contributed by atoms with E-state index in [1.165, 1.54) is 6.26 Å². The number of hydrogen-bond donors (Lipinski definition) is 2. The minimum absolute atomic E-state index is 0.336. The van der Waals surface area contributed by atoms with Gasteiger partial charge < -0.3 is 9.84 Å². The molecule has 0 aliphatic carbocycles. The van der Waals surface area contributed by atoms with Gasteiger partial charge in [0.1, 0.15) is 6.26 Å². The zero-order valence-corrected chi connectivity index (χ0v) is 10.3. The van der Waals surface area contributed by atoms with E-state index in [-0.39, 0.29) is 6.03 Å². The predicted molar refractivity (Wildman–Crippen MR) is 69.7 cm³/mol. The van der Waals surface area contributed by atoms with Gasteiger partial charge in [-0.15, -0.1) is 0 Å². The van der Waals surface area contributed by atoms with Gasteiger partial charge in [-0.25, -0.2) is 4.79 Å². The molecule has 2 rings (SSSR count). The van der Waals surface area contributed by atoms with Crippen LogP contribution in [0.1, 0.15) is 25.3 Å². The summed E-state index contributed by atoms with van der Waals surface area (Å²) in [6, 6.07) is 8.95. The molecule has 0 saturated heterocycles. The second-order valence-electron chi connectivity index (χ2n) is 4.21. The quantitative estimate of drug-likeness (QED) is 0.870. The van der Waals surface area contributed by atoms with Gasteiger partial charge in [-0.3, -0.25) is 5.32 Å². The molecule has 2 aromatic rings. The van der Waals surface area contributed by atoms with Crippen molar-refractivity contribution in [2.75, 3.05) is 10.6 Å². The zero-order chi connectivity index (χ0) is 13.0.